The van der Waals surface area contributed by atoms with E-state index in [1.165, 1.54) is 0 Å². The molecular weight excluding hydrogens is 310 g/mol. The average Bonchev–Trinajstić information content (AvgIpc) is 2.61. The zero-order chi connectivity index (χ0) is 16.1. The number of nitrogens with zero attached hydrogens (tertiary/aromatic N) is 3. The van der Waals surface area contributed by atoms with Crippen LogP contribution in [-0.2, 0) is 19.4 Å². The summed E-state index contributed by atoms with van der Waals surface area (Å²) in [6.07, 6.45) is 5.98. The minimum absolute atomic E-state index is 0.0455. The summed E-state index contributed by atoms with van der Waals surface area (Å²) < 4.78 is 1.54. The molecule has 0 saturated carbocycles. The Morgan fingerprint density at radius 3 is 2.61 bits per heavy atom. The van der Waals surface area contributed by atoms with E-state index in [2.05, 4.69) is 16.1 Å². The van der Waals surface area contributed by atoms with Gasteiger partial charge in [0, 0.05) is 30.2 Å². The van der Waals surface area contributed by atoms with Crippen molar-refractivity contribution in [3.05, 3.63) is 70.4 Å². The van der Waals surface area contributed by atoms with Gasteiger partial charge in [0.25, 0.3) is 5.56 Å². The maximum Gasteiger partial charge on any atom is 0.274 e. The number of hydrogen-bond donors (Lipinski definition) is 0. The van der Waals surface area contributed by atoms with E-state index in [4.69, 9.17) is 11.6 Å². The molecule has 0 N–H and O–H groups in total. The predicted molar refractivity (Wildman–Crippen MR) is 93.0 cm³/mol. The Hall–Kier alpha value is -2.20. The molecule has 5 heteroatoms. The Kier molecular flexibility index (Phi) is 5.03. The molecule has 0 saturated heterocycles. The number of aryl methyl sites for hydroxylation is 3. The van der Waals surface area contributed by atoms with E-state index in [-0.39, 0.29) is 5.56 Å². The highest BCUT2D eigenvalue weighted by Gasteiger charge is 2.10. The van der Waals surface area contributed by atoms with Gasteiger partial charge in [0.2, 0.25) is 0 Å². The normalized spacial score (nSPS) is 11.0. The Bertz CT molecular complexity index is 846. The Morgan fingerprint density at radius 1 is 1.04 bits per heavy atom. The van der Waals surface area contributed by atoms with Crippen molar-refractivity contribution in [3.8, 4) is 0 Å². The van der Waals surface area contributed by atoms with Crippen LogP contribution in [0, 0.1) is 0 Å². The fourth-order valence-electron chi connectivity index (χ4n) is 2.66. The molecule has 0 aliphatic rings. The summed E-state index contributed by atoms with van der Waals surface area (Å²) in [7, 11) is 0. The second-order valence-corrected chi connectivity index (χ2v) is 5.80. The third kappa shape index (κ3) is 3.59. The fraction of sp³-hybridized carbons (Fsp3) is 0.278. The van der Waals surface area contributed by atoms with Gasteiger partial charge in [-0.1, -0.05) is 24.3 Å². The summed E-state index contributed by atoms with van der Waals surface area (Å²) in [5.74, 6) is 0.520. The molecule has 4 nitrogen and oxygen atoms in total. The van der Waals surface area contributed by atoms with E-state index in [1.807, 2.05) is 36.5 Å². The molecule has 118 valence electrons. The Labute approximate surface area is 139 Å². The SMILES string of the molecule is O=c1c2ccccc2c(CCc2cccnc2)nn1CCCCl. The van der Waals surface area contributed by atoms with Gasteiger partial charge < -0.3 is 0 Å². The second-order valence-electron chi connectivity index (χ2n) is 5.42. The van der Waals surface area contributed by atoms with Crippen LogP contribution in [0.2, 0.25) is 0 Å². The molecule has 0 fully saturated rings. The average molecular weight is 328 g/mol. The zero-order valence-electron chi connectivity index (χ0n) is 12.8. The van der Waals surface area contributed by atoms with E-state index in [0.717, 1.165) is 41.3 Å². The van der Waals surface area contributed by atoms with Crippen molar-refractivity contribution >= 4 is 22.4 Å². The van der Waals surface area contributed by atoms with Gasteiger partial charge in [-0.25, -0.2) is 4.68 Å². The van der Waals surface area contributed by atoms with Gasteiger partial charge in [-0.2, -0.15) is 5.10 Å². The minimum Gasteiger partial charge on any atom is -0.267 e. The molecule has 23 heavy (non-hydrogen) atoms. The lowest BCUT2D eigenvalue weighted by Gasteiger charge is -2.10. The van der Waals surface area contributed by atoms with E-state index >= 15 is 0 Å². The van der Waals surface area contributed by atoms with E-state index < -0.39 is 0 Å². The number of halogens is 1. The molecule has 2 heterocycles. The summed E-state index contributed by atoms with van der Waals surface area (Å²) in [5, 5.41) is 6.23. The molecule has 0 aliphatic heterocycles. The molecule has 2 aromatic heterocycles. The monoisotopic (exact) mass is 327 g/mol. The van der Waals surface area contributed by atoms with Crippen LogP contribution in [0.25, 0.3) is 10.8 Å². The third-order valence-corrected chi connectivity index (χ3v) is 4.09. The molecule has 0 atom stereocenters. The predicted octanol–water partition coefficient (Wildman–Crippen LogP) is 3.21. The molecular formula is C18H18ClN3O. The smallest absolute Gasteiger partial charge is 0.267 e. The number of rotatable bonds is 6. The number of pyridine rings is 1. The second kappa shape index (κ2) is 7.38. The molecule has 1 aromatic carbocycles. The van der Waals surface area contributed by atoms with Gasteiger partial charge in [0.1, 0.15) is 0 Å². The first kappa shape index (κ1) is 15.7. The molecule has 0 radical (unpaired) electrons. The van der Waals surface area contributed by atoms with Crippen molar-refractivity contribution in [1.82, 2.24) is 14.8 Å². The third-order valence-electron chi connectivity index (χ3n) is 3.82. The van der Waals surface area contributed by atoms with E-state index in [0.29, 0.717) is 12.4 Å². The van der Waals surface area contributed by atoms with Crippen LogP contribution in [0.3, 0.4) is 0 Å². The van der Waals surface area contributed by atoms with E-state index in [9.17, 15) is 4.79 Å². The topological polar surface area (TPSA) is 47.8 Å². The van der Waals surface area contributed by atoms with Crippen LogP contribution in [0.5, 0.6) is 0 Å². The highest BCUT2D eigenvalue weighted by molar-refractivity contribution is 6.17. The van der Waals surface area contributed by atoms with Crippen LogP contribution in [0.1, 0.15) is 17.7 Å². The van der Waals surface area contributed by atoms with E-state index in [1.54, 1.807) is 10.9 Å². The number of benzene rings is 1. The van der Waals surface area contributed by atoms with Crippen LogP contribution in [0.15, 0.2) is 53.6 Å². The lowest BCUT2D eigenvalue weighted by molar-refractivity contribution is 0.563. The first-order valence-corrected chi connectivity index (χ1v) is 8.26. The van der Waals surface area contributed by atoms with Gasteiger partial charge in [0.15, 0.2) is 0 Å². The standard InChI is InChI=1S/C18H18ClN3O/c19-10-4-12-22-18(23)16-7-2-1-6-15(16)17(21-22)9-8-14-5-3-11-20-13-14/h1-3,5-7,11,13H,4,8-10,12H2. The molecule has 3 rings (SSSR count). The van der Waals surface area contributed by atoms with Crippen molar-refractivity contribution in [3.63, 3.8) is 0 Å². The number of fused-ring (bicyclic) bond motifs is 1. The lowest BCUT2D eigenvalue weighted by atomic mass is 10.1. The van der Waals surface area contributed by atoms with Crippen molar-refractivity contribution in [2.45, 2.75) is 25.8 Å². The van der Waals surface area contributed by atoms with Gasteiger partial charge >= 0.3 is 0 Å². The number of alkyl halides is 1. The quantitative estimate of drug-likeness (QED) is 0.653. The molecule has 0 bridgehead atoms. The molecule has 0 spiro atoms. The molecule has 0 unspecified atom stereocenters. The summed E-state index contributed by atoms with van der Waals surface area (Å²) in [4.78, 5) is 16.6. The summed E-state index contributed by atoms with van der Waals surface area (Å²) >= 11 is 5.75. The summed E-state index contributed by atoms with van der Waals surface area (Å²) in [6, 6.07) is 11.7. The first-order valence-electron chi connectivity index (χ1n) is 7.73. The Morgan fingerprint density at radius 2 is 1.87 bits per heavy atom. The van der Waals surface area contributed by atoms with Gasteiger partial charge in [-0.15, -0.1) is 11.6 Å². The van der Waals surface area contributed by atoms with Crippen molar-refractivity contribution in [2.75, 3.05) is 5.88 Å². The maximum absolute atomic E-state index is 12.5. The zero-order valence-corrected chi connectivity index (χ0v) is 13.5. The number of aromatic nitrogens is 3. The number of hydrogen-bond acceptors (Lipinski definition) is 3. The van der Waals surface area contributed by atoms with Crippen LogP contribution in [-0.4, -0.2) is 20.6 Å². The van der Waals surface area contributed by atoms with Crippen LogP contribution < -0.4 is 5.56 Å². The van der Waals surface area contributed by atoms with Crippen molar-refractivity contribution in [1.29, 1.82) is 0 Å². The summed E-state index contributed by atoms with van der Waals surface area (Å²) in [5.41, 5.74) is 2.06. The largest absolute Gasteiger partial charge is 0.274 e. The summed E-state index contributed by atoms with van der Waals surface area (Å²) in [6.45, 7) is 0.549. The highest BCUT2D eigenvalue weighted by atomic mass is 35.5. The first-order chi connectivity index (χ1) is 11.3. The highest BCUT2D eigenvalue weighted by Crippen LogP contribution is 2.15. The minimum atomic E-state index is -0.0455. The fourth-order valence-corrected chi connectivity index (χ4v) is 2.78. The van der Waals surface area contributed by atoms with Gasteiger partial charge in [0.05, 0.1) is 11.1 Å². The lowest BCUT2D eigenvalue weighted by Crippen LogP contribution is -2.25. The molecule has 0 amide bonds. The van der Waals surface area contributed by atoms with Crippen LogP contribution in [0.4, 0.5) is 0 Å². The molecule has 0 aliphatic carbocycles. The van der Waals surface area contributed by atoms with Gasteiger partial charge in [-0.05, 0) is 37.0 Å². The maximum atomic E-state index is 12.5. The molecule has 3 aromatic rings. The Balaban J connectivity index is 1.97. The van der Waals surface area contributed by atoms with Crippen molar-refractivity contribution < 1.29 is 0 Å². The van der Waals surface area contributed by atoms with Crippen molar-refractivity contribution in [2.24, 2.45) is 0 Å². The van der Waals surface area contributed by atoms with Gasteiger partial charge in [-0.3, -0.25) is 9.78 Å². The van der Waals surface area contributed by atoms with Crippen LogP contribution >= 0.6 is 11.6 Å².